The van der Waals surface area contributed by atoms with Gasteiger partial charge in [0.2, 0.25) is 0 Å². The number of hydrazone groups is 1. The summed E-state index contributed by atoms with van der Waals surface area (Å²) in [5.74, 6) is -1.49. The Balaban J connectivity index is 2.01. The molecule has 1 heterocycles. The predicted octanol–water partition coefficient (Wildman–Crippen LogP) is 2.86. The van der Waals surface area contributed by atoms with Crippen molar-refractivity contribution in [3.05, 3.63) is 74.8 Å². The van der Waals surface area contributed by atoms with Gasteiger partial charge in [0.15, 0.2) is 11.4 Å². The van der Waals surface area contributed by atoms with Crippen LogP contribution in [0.5, 0.6) is 0 Å². The summed E-state index contributed by atoms with van der Waals surface area (Å²) in [5, 5.41) is 27.3. The highest BCUT2D eigenvalue weighted by Crippen LogP contribution is 2.37. The first-order valence-corrected chi connectivity index (χ1v) is 8.96. The van der Waals surface area contributed by atoms with Crippen LogP contribution in [0, 0.1) is 10.1 Å². The van der Waals surface area contributed by atoms with Gasteiger partial charge in [-0.2, -0.15) is 10.1 Å². The number of non-ortho nitro benzene ring substituents is 1. The van der Waals surface area contributed by atoms with Gasteiger partial charge in [0.1, 0.15) is 0 Å². The topological polar surface area (TPSA) is 122 Å². The lowest BCUT2D eigenvalue weighted by Gasteiger charge is -2.31. The second-order valence-corrected chi connectivity index (χ2v) is 6.62. The smallest absolute Gasteiger partial charge is 0.354 e. The van der Waals surface area contributed by atoms with Crippen LogP contribution in [0.2, 0.25) is 5.02 Å². The van der Waals surface area contributed by atoms with Crippen LogP contribution in [0.15, 0.2) is 53.6 Å². The van der Waals surface area contributed by atoms with Crippen molar-refractivity contribution in [2.24, 2.45) is 5.10 Å². The number of carbonyl (C=O) groups excluding carboxylic acids is 2. The van der Waals surface area contributed by atoms with E-state index in [1.807, 2.05) is 0 Å². The van der Waals surface area contributed by atoms with Gasteiger partial charge in [-0.15, -0.1) is 0 Å². The minimum atomic E-state index is -1.95. The maximum Gasteiger partial charge on any atom is 0.354 e. The summed E-state index contributed by atoms with van der Waals surface area (Å²) in [7, 11) is 0. The van der Waals surface area contributed by atoms with Gasteiger partial charge in [-0.05, 0) is 31.2 Å². The molecule has 1 atom stereocenters. The van der Waals surface area contributed by atoms with Crippen molar-refractivity contribution in [3.63, 3.8) is 0 Å². The molecule has 0 spiro atoms. The van der Waals surface area contributed by atoms with Crippen LogP contribution in [0.25, 0.3) is 0 Å². The van der Waals surface area contributed by atoms with E-state index >= 15 is 0 Å². The molecule has 2 aromatic carbocycles. The zero-order chi connectivity index (χ0) is 21.2. The van der Waals surface area contributed by atoms with E-state index in [-0.39, 0.29) is 30.0 Å². The third-order valence-electron chi connectivity index (χ3n) is 4.32. The summed E-state index contributed by atoms with van der Waals surface area (Å²) >= 11 is 5.90. The standard InChI is InChI=1S/C19H16ClN3O6/c1-2-29-18(25)16-11-19(26,13-5-7-14(20)8-6-13)22(21-16)17(24)12-3-9-15(10-4-12)23(27)28/h3-10,26H,2,11H2,1H3/t19-/m0/s1. The van der Waals surface area contributed by atoms with E-state index in [4.69, 9.17) is 16.3 Å². The Morgan fingerprint density at radius 3 is 2.41 bits per heavy atom. The molecule has 1 aliphatic heterocycles. The molecule has 150 valence electrons. The van der Waals surface area contributed by atoms with E-state index in [2.05, 4.69) is 5.10 Å². The first-order chi connectivity index (χ1) is 13.8. The molecule has 0 saturated heterocycles. The Morgan fingerprint density at radius 2 is 1.86 bits per heavy atom. The van der Waals surface area contributed by atoms with Crippen LogP contribution >= 0.6 is 11.6 Å². The monoisotopic (exact) mass is 417 g/mol. The first-order valence-electron chi connectivity index (χ1n) is 8.58. The van der Waals surface area contributed by atoms with E-state index in [0.29, 0.717) is 10.6 Å². The van der Waals surface area contributed by atoms with Crippen molar-refractivity contribution >= 4 is 34.9 Å². The fourth-order valence-corrected chi connectivity index (χ4v) is 3.00. The molecule has 0 bridgehead atoms. The summed E-state index contributed by atoms with van der Waals surface area (Å²) in [6, 6.07) is 10.9. The van der Waals surface area contributed by atoms with Crippen LogP contribution in [-0.4, -0.2) is 39.2 Å². The number of esters is 1. The average Bonchev–Trinajstić information content (AvgIpc) is 3.07. The molecule has 0 aliphatic carbocycles. The molecule has 0 radical (unpaired) electrons. The highest BCUT2D eigenvalue weighted by atomic mass is 35.5. The van der Waals surface area contributed by atoms with Crippen molar-refractivity contribution in [2.45, 2.75) is 19.1 Å². The average molecular weight is 418 g/mol. The molecule has 10 heteroatoms. The molecule has 2 aromatic rings. The lowest BCUT2D eigenvalue weighted by atomic mass is 9.96. The van der Waals surface area contributed by atoms with Crippen molar-refractivity contribution in [2.75, 3.05) is 6.61 Å². The second kappa shape index (κ2) is 7.98. The number of nitro benzene ring substituents is 1. The van der Waals surface area contributed by atoms with Crippen molar-refractivity contribution in [3.8, 4) is 0 Å². The van der Waals surface area contributed by atoms with Gasteiger partial charge in [-0.1, -0.05) is 23.7 Å². The Kier molecular flexibility index (Phi) is 5.62. The SMILES string of the molecule is CCOC(=O)C1=NN(C(=O)c2ccc([N+](=O)[O-])cc2)[C@@](O)(c2ccc(Cl)cc2)C1. The van der Waals surface area contributed by atoms with Gasteiger partial charge in [0, 0.05) is 28.3 Å². The molecule has 3 rings (SSSR count). The van der Waals surface area contributed by atoms with E-state index in [0.717, 1.165) is 5.01 Å². The van der Waals surface area contributed by atoms with E-state index < -0.39 is 22.5 Å². The van der Waals surface area contributed by atoms with Gasteiger partial charge in [0.05, 0.1) is 18.0 Å². The van der Waals surface area contributed by atoms with E-state index in [9.17, 15) is 24.8 Å². The largest absolute Gasteiger partial charge is 0.461 e. The molecular formula is C19H16ClN3O6. The van der Waals surface area contributed by atoms with Gasteiger partial charge in [-0.3, -0.25) is 14.9 Å². The van der Waals surface area contributed by atoms with E-state index in [1.54, 1.807) is 6.92 Å². The molecule has 0 unspecified atom stereocenters. The highest BCUT2D eigenvalue weighted by Gasteiger charge is 2.48. The van der Waals surface area contributed by atoms with Gasteiger partial charge < -0.3 is 9.84 Å². The number of rotatable bonds is 5. The first kappa shape index (κ1) is 20.4. The van der Waals surface area contributed by atoms with E-state index in [1.165, 1.54) is 48.5 Å². The minimum absolute atomic E-state index is 0.0526. The number of hydrogen-bond acceptors (Lipinski definition) is 7. The number of ether oxygens (including phenoxy) is 1. The van der Waals surface area contributed by atoms with Crippen LogP contribution in [-0.2, 0) is 15.3 Å². The lowest BCUT2D eigenvalue weighted by Crippen LogP contribution is -2.43. The summed E-state index contributed by atoms with van der Waals surface area (Å²) in [6.07, 6.45) is -0.286. The summed E-state index contributed by atoms with van der Waals surface area (Å²) in [4.78, 5) is 35.4. The van der Waals surface area contributed by atoms with Gasteiger partial charge in [0.25, 0.3) is 11.6 Å². The van der Waals surface area contributed by atoms with Crippen molar-refractivity contribution in [1.82, 2.24) is 5.01 Å². The third-order valence-corrected chi connectivity index (χ3v) is 4.57. The van der Waals surface area contributed by atoms with Crippen LogP contribution in [0.4, 0.5) is 5.69 Å². The molecule has 1 N–H and O–H groups in total. The van der Waals surface area contributed by atoms with Gasteiger partial charge in [-0.25, -0.2) is 4.79 Å². The van der Waals surface area contributed by atoms with Crippen LogP contribution < -0.4 is 0 Å². The molecule has 0 saturated carbocycles. The van der Waals surface area contributed by atoms with Crippen molar-refractivity contribution < 1.29 is 24.4 Å². The quantitative estimate of drug-likeness (QED) is 0.453. The lowest BCUT2D eigenvalue weighted by molar-refractivity contribution is -0.384. The number of nitrogens with zero attached hydrogens (tertiary/aromatic N) is 3. The Bertz CT molecular complexity index is 990. The molecular weight excluding hydrogens is 402 g/mol. The summed E-state index contributed by atoms with van der Waals surface area (Å²) < 4.78 is 4.94. The Morgan fingerprint density at radius 1 is 1.24 bits per heavy atom. The molecule has 1 amide bonds. The molecule has 0 fully saturated rings. The normalized spacial score (nSPS) is 18.3. The summed E-state index contributed by atoms with van der Waals surface area (Å²) in [6.45, 7) is 1.73. The fraction of sp³-hybridized carbons (Fsp3) is 0.211. The maximum atomic E-state index is 13.0. The Labute approximate surface area is 170 Å². The number of aliphatic hydroxyl groups is 1. The number of carbonyl (C=O) groups is 2. The van der Waals surface area contributed by atoms with Crippen LogP contribution in [0.1, 0.15) is 29.3 Å². The zero-order valence-electron chi connectivity index (χ0n) is 15.2. The van der Waals surface area contributed by atoms with Gasteiger partial charge >= 0.3 is 5.97 Å². The highest BCUT2D eigenvalue weighted by molar-refractivity contribution is 6.37. The Hall–Kier alpha value is -3.30. The van der Waals surface area contributed by atoms with Crippen LogP contribution in [0.3, 0.4) is 0 Å². The third kappa shape index (κ3) is 3.96. The predicted molar refractivity (Wildman–Crippen MR) is 103 cm³/mol. The molecule has 0 aromatic heterocycles. The molecule has 29 heavy (non-hydrogen) atoms. The number of benzene rings is 2. The molecule has 9 nitrogen and oxygen atoms in total. The number of hydrogen-bond donors (Lipinski definition) is 1. The number of amides is 1. The maximum absolute atomic E-state index is 13.0. The minimum Gasteiger partial charge on any atom is -0.461 e. The summed E-state index contributed by atoms with van der Waals surface area (Å²) in [5.41, 5.74) is -1.92. The van der Waals surface area contributed by atoms with Crippen molar-refractivity contribution in [1.29, 1.82) is 0 Å². The molecule has 1 aliphatic rings. The second-order valence-electron chi connectivity index (χ2n) is 6.19. The zero-order valence-corrected chi connectivity index (χ0v) is 16.0. The number of nitro groups is 1. The number of halogens is 1. The fourth-order valence-electron chi connectivity index (χ4n) is 2.88.